The van der Waals surface area contributed by atoms with Crippen LogP contribution in [-0.4, -0.2) is 62.2 Å². The Morgan fingerprint density at radius 3 is 2.56 bits per heavy atom. The average Bonchev–Trinajstić information content (AvgIpc) is 3.04. The van der Waals surface area contributed by atoms with E-state index in [1.807, 2.05) is 0 Å². The molecule has 0 radical (unpaired) electrons. The Morgan fingerprint density at radius 1 is 1.20 bits per heavy atom. The van der Waals surface area contributed by atoms with Crippen molar-refractivity contribution in [3.05, 3.63) is 29.8 Å². The highest BCUT2D eigenvalue weighted by Crippen LogP contribution is 2.41. The fourth-order valence-electron chi connectivity index (χ4n) is 3.91. The van der Waals surface area contributed by atoms with E-state index in [1.54, 1.807) is 24.1 Å². The van der Waals surface area contributed by atoms with Crippen molar-refractivity contribution in [2.75, 3.05) is 27.2 Å². The largest absolute Gasteiger partial charge is 0.355 e. The number of rotatable bonds is 3. The van der Waals surface area contributed by atoms with Crippen molar-refractivity contribution >= 4 is 21.8 Å². The van der Waals surface area contributed by atoms with E-state index in [1.165, 1.54) is 23.5 Å². The van der Waals surface area contributed by atoms with Gasteiger partial charge in [-0.1, -0.05) is 6.07 Å². The molecular weight excluding hydrogens is 342 g/mol. The molecule has 0 saturated carbocycles. The number of amides is 2. The summed E-state index contributed by atoms with van der Waals surface area (Å²) in [6.07, 6.45) is 2.54. The lowest BCUT2D eigenvalue weighted by atomic mass is 9.87. The topological polar surface area (TPSA) is 86.8 Å². The molecule has 25 heavy (non-hydrogen) atoms. The standard InChI is InChI=1S/C17H23N3O4S/c1-18-15(21)13-6-3-7-14(12-13)25(23,24)20-11-5-9-17(20)8-4-10-19(2)16(17)22/h3,6-7,12H,4-5,8-11H2,1-2H3,(H,18,21). The molecule has 2 amide bonds. The molecule has 2 saturated heterocycles. The highest BCUT2D eigenvalue weighted by Gasteiger charge is 2.54. The Balaban J connectivity index is 2.02. The van der Waals surface area contributed by atoms with Gasteiger partial charge in [0.1, 0.15) is 5.54 Å². The van der Waals surface area contributed by atoms with Crippen molar-refractivity contribution in [1.29, 1.82) is 0 Å². The number of sulfonamides is 1. The quantitative estimate of drug-likeness (QED) is 0.859. The minimum atomic E-state index is -3.86. The van der Waals surface area contributed by atoms with Gasteiger partial charge in [0.15, 0.2) is 0 Å². The molecule has 136 valence electrons. The number of nitrogens with one attached hydrogen (secondary N) is 1. The maximum Gasteiger partial charge on any atom is 0.251 e. The average molecular weight is 365 g/mol. The zero-order valence-corrected chi connectivity index (χ0v) is 15.3. The van der Waals surface area contributed by atoms with Crippen LogP contribution in [0.25, 0.3) is 0 Å². The van der Waals surface area contributed by atoms with E-state index in [0.29, 0.717) is 32.4 Å². The van der Waals surface area contributed by atoms with E-state index >= 15 is 0 Å². The van der Waals surface area contributed by atoms with Crippen molar-refractivity contribution < 1.29 is 18.0 Å². The molecule has 1 spiro atoms. The molecular formula is C17H23N3O4S. The van der Waals surface area contributed by atoms with Gasteiger partial charge in [-0.3, -0.25) is 9.59 Å². The maximum absolute atomic E-state index is 13.2. The van der Waals surface area contributed by atoms with Crippen LogP contribution < -0.4 is 5.32 Å². The molecule has 1 unspecified atom stereocenters. The molecule has 2 aliphatic rings. The number of piperidine rings is 1. The van der Waals surface area contributed by atoms with Crippen molar-refractivity contribution in [2.45, 2.75) is 36.1 Å². The van der Waals surface area contributed by atoms with Crippen LogP contribution in [0.3, 0.4) is 0 Å². The summed E-state index contributed by atoms with van der Waals surface area (Å²) in [4.78, 5) is 26.3. The van der Waals surface area contributed by atoms with Gasteiger partial charge in [0, 0.05) is 32.7 Å². The van der Waals surface area contributed by atoms with Gasteiger partial charge in [-0.25, -0.2) is 8.42 Å². The van der Waals surface area contributed by atoms with Crippen LogP contribution in [0.4, 0.5) is 0 Å². The first kappa shape index (κ1) is 17.9. The maximum atomic E-state index is 13.2. The summed E-state index contributed by atoms with van der Waals surface area (Å²) in [7, 11) is -0.645. The van der Waals surface area contributed by atoms with Crippen LogP contribution in [-0.2, 0) is 14.8 Å². The third-order valence-electron chi connectivity index (χ3n) is 5.17. The van der Waals surface area contributed by atoms with Gasteiger partial charge >= 0.3 is 0 Å². The van der Waals surface area contributed by atoms with Crippen LogP contribution in [0, 0.1) is 0 Å². The second-order valence-corrected chi connectivity index (χ2v) is 8.51. The smallest absolute Gasteiger partial charge is 0.251 e. The molecule has 7 nitrogen and oxygen atoms in total. The third-order valence-corrected chi connectivity index (χ3v) is 7.13. The number of nitrogens with zero attached hydrogens (tertiary/aromatic N) is 2. The first-order valence-corrected chi connectivity index (χ1v) is 9.87. The predicted molar refractivity (Wildman–Crippen MR) is 92.6 cm³/mol. The van der Waals surface area contributed by atoms with Gasteiger partial charge in [-0.05, 0) is 43.9 Å². The summed E-state index contributed by atoms with van der Waals surface area (Å²) in [6.45, 7) is 0.979. The number of benzene rings is 1. The fraction of sp³-hybridized carbons (Fsp3) is 0.529. The highest BCUT2D eigenvalue weighted by molar-refractivity contribution is 7.89. The molecule has 8 heteroatoms. The van der Waals surface area contributed by atoms with Crippen LogP contribution >= 0.6 is 0 Å². The molecule has 1 aromatic rings. The van der Waals surface area contributed by atoms with Crippen molar-refractivity contribution in [3.8, 4) is 0 Å². The Hall–Kier alpha value is -1.93. The summed E-state index contributed by atoms with van der Waals surface area (Å²) in [6, 6.07) is 5.97. The van der Waals surface area contributed by atoms with Crippen LogP contribution in [0.2, 0.25) is 0 Å². The fourth-order valence-corrected chi connectivity index (χ4v) is 5.78. The second-order valence-electron chi connectivity index (χ2n) is 6.65. The van der Waals surface area contributed by atoms with E-state index in [-0.39, 0.29) is 22.3 Å². The third kappa shape index (κ3) is 2.83. The molecule has 1 aromatic carbocycles. The Labute approximate surface area is 148 Å². The summed E-state index contributed by atoms with van der Waals surface area (Å²) in [5, 5.41) is 2.49. The second kappa shape index (κ2) is 6.42. The summed E-state index contributed by atoms with van der Waals surface area (Å²) in [5.41, 5.74) is -0.696. The monoisotopic (exact) mass is 365 g/mol. The van der Waals surface area contributed by atoms with Crippen molar-refractivity contribution in [2.24, 2.45) is 0 Å². The molecule has 0 bridgehead atoms. The SMILES string of the molecule is CNC(=O)c1cccc(S(=O)(=O)N2CCCC23CCCN(C)C3=O)c1. The normalized spacial score (nSPS) is 24.7. The molecule has 2 fully saturated rings. The number of carbonyl (C=O) groups excluding carboxylic acids is 2. The zero-order chi connectivity index (χ0) is 18.2. The summed E-state index contributed by atoms with van der Waals surface area (Å²) >= 11 is 0. The number of likely N-dealkylation sites (tertiary alicyclic amines) is 1. The lowest BCUT2D eigenvalue weighted by Gasteiger charge is -2.42. The van der Waals surface area contributed by atoms with Gasteiger partial charge in [-0.15, -0.1) is 0 Å². The number of hydrogen-bond donors (Lipinski definition) is 1. The van der Waals surface area contributed by atoms with Crippen molar-refractivity contribution in [3.63, 3.8) is 0 Å². The van der Waals surface area contributed by atoms with Gasteiger partial charge in [0.25, 0.3) is 5.91 Å². The Kier molecular flexibility index (Phi) is 4.59. The molecule has 2 heterocycles. The van der Waals surface area contributed by atoms with Gasteiger partial charge in [0.05, 0.1) is 4.90 Å². The minimum Gasteiger partial charge on any atom is -0.355 e. The van der Waals surface area contributed by atoms with Gasteiger partial charge in [0.2, 0.25) is 15.9 Å². The number of likely N-dealkylation sites (N-methyl/N-ethyl adjacent to an activating group) is 1. The zero-order valence-electron chi connectivity index (χ0n) is 14.5. The Bertz CT molecular complexity index is 808. The van der Waals surface area contributed by atoms with E-state index in [9.17, 15) is 18.0 Å². The number of hydrogen-bond acceptors (Lipinski definition) is 4. The van der Waals surface area contributed by atoms with Crippen LogP contribution in [0.1, 0.15) is 36.0 Å². The van der Waals surface area contributed by atoms with Gasteiger partial charge in [-0.2, -0.15) is 4.31 Å². The van der Waals surface area contributed by atoms with E-state index in [4.69, 9.17) is 0 Å². The van der Waals surface area contributed by atoms with Crippen molar-refractivity contribution in [1.82, 2.24) is 14.5 Å². The molecule has 0 aliphatic carbocycles. The lowest BCUT2D eigenvalue weighted by molar-refractivity contribution is -0.142. The summed E-state index contributed by atoms with van der Waals surface area (Å²) < 4.78 is 27.9. The van der Waals surface area contributed by atoms with E-state index in [2.05, 4.69) is 5.32 Å². The molecule has 1 atom stereocenters. The molecule has 1 N–H and O–H groups in total. The van der Waals surface area contributed by atoms with E-state index in [0.717, 1.165) is 6.42 Å². The first-order chi connectivity index (χ1) is 11.8. The molecule has 3 rings (SSSR count). The number of carbonyl (C=O) groups is 2. The van der Waals surface area contributed by atoms with Gasteiger partial charge < -0.3 is 10.2 Å². The Morgan fingerprint density at radius 2 is 1.88 bits per heavy atom. The lowest BCUT2D eigenvalue weighted by Crippen LogP contribution is -2.60. The molecule has 0 aromatic heterocycles. The summed E-state index contributed by atoms with van der Waals surface area (Å²) in [5.74, 6) is -0.469. The van der Waals surface area contributed by atoms with Crippen LogP contribution in [0.5, 0.6) is 0 Å². The predicted octanol–water partition coefficient (Wildman–Crippen LogP) is 0.822. The first-order valence-electron chi connectivity index (χ1n) is 8.43. The van der Waals surface area contributed by atoms with Crippen LogP contribution in [0.15, 0.2) is 29.2 Å². The molecule has 2 aliphatic heterocycles. The van der Waals surface area contributed by atoms with E-state index < -0.39 is 15.6 Å². The highest BCUT2D eigenvalue weighted by atomic mass is 32.2. The minimum absolute atomic E-state index is 0.0518.